The van der Waals surface area contributed by atoms with Crippen LogP contribution in [0.25, 0.3) is 0 Å². The van der Waals surface area contributed by atoms with Gasteiger partial charge in [-0.1, -0.05) is 41.6 Å². The zero-order valence-electron chi connectivity index (χ0n) is 8.92. The van der Waals surface area contributed by atoms with Gasteiger partial charge in [-0.3, -0.25) is 0 Å². The number of hydrogen-bond donors (Lipinski definition) is 0. The van der Waals surface area contributed by atoms with Gasteiger partial charge in [0.15, 0.2) is 0 Å². The molecule has 0 bridgehead atoms. The smallest absolute Gasteiger partial charge is 0.196 e. The topological polar surface area (TPSA) is 0 Å². The monoisotopic (exact) mass is 310 g/mol. The van der Waals surface area contributed by atoms with Crippen molar-refractivity contribution in [3.8, 4) is 0 Å². The van der Waals surface area contributed by atoms with E-state index in [1.165, 1.54) is 0 Å². The van der Waals surface area contributed by atoms with Gasteiger partial charge in [0.2, 0.25) is 0 Å². The van der Waals surface area contributed by atoms with E-state index in [1.54, 1.807) is 0 Å². The Labute approximate surface area is 101 Å². The fourth-order valence-corrected chi connectivity index (χ4v) is 1.69. The van der Waals surface area contributed by atoms with E-state index >= 15 is 0 Å². The Hall–Kier alpha value is 0.130. The number of hydrogen-bond acceptors (Lipinski definition) is 0. The van der Waals surface area contributed by atoms with Crippen LogP contribution in [0.2, 0.25) is 0 Å². The molecule has 0 radical (unpaired) electrons. The lowest BCUT2D eigenvalue weighted by atomic mass is 10.1. The zero-order chi connectivity index (χ0) is 12.7. The van der Waals surface area contributed by atoms with E-state index in [9.17, 15) is 22.0 Å². The molecule has 0 unspecified atom stereocenters. The van der Waals surface area contributed by atoms with Crippen molar-refractivity contribution >= 4 is 15.9 Å². The third kappa shape index (κ3) is 6.66. The quantitative estimate of drug-likeness (QED) is 0.324. The number of halogens is 6. The zero-order valence-corrected chi connectivity index (χ0v) is 10.5. The molecule has 0 aromatic rings. The van der Waals surface area contributed by atoms with Gasteiger partial charge in [0, 0.05) is 11.8 Å². The van der Waals surface area contributed by atoms with E-state index in [4.69, 9.17) is 0 Å². The third-order valence-electron chi connectivity index (χ3n) is 2.29. The van der Waals surface area contributed by atoms with Crippen molar-refractivity contribution in [1.29, 1.82) is 0 Å². The molecule has 0 aliphatic heterocycles. The fourth-order valence-electron chi connectivity index (χ4n) is 1.29. The molecule has 0 atom stereocenters. The van der Waals surface area contributed by atoms with E-state index in [0.29, 0.717) is 6.42 Å². The maximum atomic E-state index is 12.4. The Kier molecular flexibility index (Phi) is 7.52. The van der Waals surface area contributed by atoms with Gasteiger partial charge >= 0.3 is 12.1 Å². The average molecular weight is 311 g/mol. The molecular weight excluding hydrogens is 295 g/mol. The molecule has 0 amide bonds. The van der Waals surface area contributed by atoms with Crippen LogP contribution in [0.15, 0.2) is 0 Å². The molecule has 0 saturated carbocycles. The highest BCUT2D eigenvalue weighted by molar-refractivity contribution is 9.09. The minimum atomic E-state index is -5.40. The molecule has 0 aromatic heterocycles. The first-order chi connectivity index (χ1) is 7.31. The highest BCUT2D eigenvalue weighted by Gasteiger charge is 2.56. The summed E-state index contributed by atoms with van der Waals surface area (Å²) in [5, 5.41) is 0.902. The summed E-state index contributed by atoms with van der Waals surface area (Å²) in [6.45, 7) is 0. The highest BCUT2D eigenvalue weighted by Crippen LogP contribution is 2.39. The van der Waals surface area contributed by atoms with Crippen LogP contribution in [0.5, 0.6) is 0 Å². The van der Waals surface area contributed by atoms with Crippen molar-refractivity contribution in [1.82, 2.24) is 0 Å². The second-order valence-corrected chi connectivity index (χ2v) is 4.56. The maximum Gasteiger partial charge on any atom is 0.453 e. The summed E-state index contributed by atoms with van der Waals surface area (Å²) in [4.78, 5) is 0. The van der Waals surface area contributed by atoms with Crippen LogP contribution in [-0.4, -0.2) is 17.4 Å². The molecule has 0 aliphatic carbocycles. The Morgan fingerprint density at radius 1 is 0.688 bits per heavy atom. The normalized spacial score (nSPS) is 13.1. The average Bonchev–Trinajstić information content (AvgIpc) is 2.14. The molecule has 0 heterocycles. The molecule has 0 saturated heterocycles. The number of unbranched alkanes of at least 4 members (excludes halogenated alkanes) is 5. The first-order valence-electron chi connectivity index (χ1n) is 5.32. The summed E-state index contributed by atoms with van der Waals surface area (Å²) in [6.07, 6.45) is -2.50. The van der Waals surface area contributed by atoms with Crippen molar-refractivity contribution in [2.75, 3.05) is 5.33 Å². The van der Waals surface area contributed by atoms with Crippen molar-refractivity contribution in [2.24, 2.45) is 0 Å². The fraction of sp³-hybridized carbons (Fsp3) is 1.00. The predicted molar refractivity (Wildman–Crippen MR) is 57.1 cm³/mol. The van der Waals surface area contributed by atoms with Crippen LogP contribution in [0, 0.1) is 0 Å². The summed E-state index contributed by atoms with van der Waals surface area (Å²) in [7, 11) is 0. The Bertz CT molecular complexity index is 179. The van der Waals surface area contributed by atoms with E-state index in [2.05, 4.69) is 15.9 Å². The molecule has 6 heteroatoms. The molecule has 0 aromatic carbocycles. The summed E-state index contributed by atoms with van der Waals surface area (Å²) < 4.78 is 60.1. The molecule has 0 rings (SSSR count). The van der Waals surface area contributed by atoms with Gasteiger partial charge < -0.3 is 0 Å². The Balaban J connectivity index is 3.51. The van der Waals surface area contributed by atoms with E-state index in [-0.39, 0.29) is 6.42 Å². The molecule has 98 valence electrons. The second kappa shape index (κ2) is 7.45. The molecule has 0 aliphatic rings. The van der Waals surface area contributed by atoms with E-state index in [0.717, 1.165) is 31.0 Å². The van der Waals surface area contributed by atoms with Gasteiger partial charge in [-0.25, -0.2) is 0 Å². The van der Waals surface area contributed by atoms with Gasteiger partial charge in [0.1, 0.15) is 0 Å². The van der Waals surface area contributed by atoms with Crippen molar-refractivity contribution in [3.05, 3.63) is 0 Å². The van der Waals surface area contributed by atoms with Crippen LogP contribution < -0.4 is 0 Å². The first-order valence-corrected chi connectivity index (χ1v) is 6.44. The van der Waals surface area contributed by atoms with E-state index in [1.807, 2.05) is 0 Å². The number of rotatable bonds is 8. The SMILES string of the molecule is FC(F)(F)C(F)(F)CCCCCCCCBr. The van der Waals surface area contributed by atoms with Crippen molar-refractivity contribution < 1.29 is 22.0 Å². The summed E-state index contributed by atoms with van der Waals surface area (Å²) in [5.74, 6) is -4.52. The number of alkyl halides is 6. The second-order valence-electron chi connectivity index (χ2n) is 3.76. The molecule has 16 heavy (non-hydrogen) atoms. The molecular formula is C10H16BrF5. The molecule has 0 N–H and O–H groups in total. The highest BCUT2D eigenvalue weighted by atomic mass is 79.9. The van der Waals surface area contributed by atoms with Gasteiger partial charge in [0.05, 0.1) is 0 Å². The molecule has 0 nitrogen and oxygen atoms in total. The maximum absolute atomic E-state index is 12.4. The van der Waals surface area contributed by atoms with Crippen molar-refractivity contribution in [2.45, 2.75) is 57.0 Å². The Morgan fingerprint density at radius 2 is 1.12 bits per heavy atom. The van der Waals surface area contributed by atoms with Gasteiger partial charge in [0.25, 0.3) is 0 Å². The summed E-state index contributed by atoms with van der Waals surface area (Å²) in [6, 6.07) is 0. The van der Waals surface area contributed by atoms with Crippen LogP contribution in [0.1, 0.15) is 44.9 Å². The van der Waals surface area contributed by atoms with Crippen LogP contribution in [0.3, 0.4) is 0 Å². The lowest BCUT2D eigenvalue weighted by molar-refractivity contribution is -0.284. The van der Waals surface area contributed by atoms with E-state index < -0.39 is 18.5 Å². The lowest BCUT2D eigenvalue weighted by Gasteiger charge is -2.19. The summed E-state index contributed by atoms with van der Waals surface area (Å²) in [5.41, 5.74) is 0. The molecule has 0 spiro atoms. The standard InChI is InChI=1S/C10H16BrF5/c11-8-6-4-2-1-3-5-7-9(12,13)10(14,15)16/h1-8H2. The first kappa shape index (κ1) is 16.1. The van der Waals surface area contributed by atoms with Gasteiger partial charge in [-0.2, -0.15) is 22.0 Å². The Morgan fingerprint density at radius 3 is 1.56 bits per heavy atom. The van der Waals surface area contributed by atoms with Gasteiger partial charge in [-0.15, -0.1) is 0 Å². The minimum Gasteiger partial charge on any atom is -0.196 e. The van der Waals surface area contributed by atoms with Gasteiger partial charge in [-0.05, 0) is 12.8 Å². The van der Waals surface area contributed by atoms with Crippen LogP contribution in [-0.2, 0) is 0 Å². The minimum absolute atomic E-state index is 0.0686. The summed E-state index contributed by atoms with van der Waals surface area (Å²) >= 11 is 3.26. The lowest BCUT2D eigenvalue weighted by Crippen LogP contribution is -2.36. The predicted octanol–water partition coefficient (Wildman–Crippen LogP) is 5.31. The van der Waals surface area contributed by atoms with Crippen LogP contribution >= 0.6 is 15.9 Å². The van der Waals surface area contributed by atoms with Crippen LogP contribution in [0.4, 0.5) is 22.0 Å². The molecule has 0 fully saturated rings. The third-order valence-corrected chi connectivity index (χ3v) is 2.85. The van der Waals surface area contributed by atoms with Crippen molar-refractivity contribution in [3.63, 3.8) is 0 Å². The largest absolute Gasteiger partial charge is 0.453 e.